The van der Waals surface area contributed by atoms with Crippen molar-refractivity contribution in [1.82, 2.24) is 4.90 Å². The van der Waals surface area contributed by atoms with Crippen LogP contribution in [0.3, 0.4) is 0 Å². The van der Waals surface area contributed by atoms with Gasteiger partial charge in [-0.3, -0.25) is 9.10 Å². The molecule has 2 fully saturated rings. The van der Waals surface area contributed by atoms with Gasteiger partial charge in [-0.2, -0.15) is 0 Å². The highest BCUT2D eigenvalue weighted by molar-refractivity contribution is 7.92. The number of rotatable bonds is 5. The van der Waals surface area contributed by atoms with Gasteiger partial charge in [-0.15, -0.1) is 0 Å². The number of nitrogens with zero attached hydrogens (tertiary/aromatic N) is 2. The zero-order valence-corrected chi connectivity index (χ0v) is 15.5. The Morgan fingerprint density at radius 1 is 1.19 bits per heavy atom. The minimum absolute atomic E-state index is 0.0118. The summed E-state index contributed by atoms with van der Waals surface area (Å²) in [5, 5.41) is 0. The maximum atomic E-state index is 13.1. The smallest absolute Gasteiger partial charge is 0.232 e. The molecule has 0 atom stereocenters. The number of ether oxygens (including phenoxy) is 2. The topological polar surface area (TPSA) is 76.2 Å². The lowest BCUT2D eigenvalue weighted by Gasteiger charge is -2.37. The lowest BCUT2D eigenvalue weighted by Crippen LogP contribution is -2.48. The molecule has 0 N–H and O–H groups in total. The minimum Gasteiger partial charge on any atom is -0.347 e. The van der Waals surface area contributed by atoms with Gasteiger partial charge in [0.05, 0.1) is 25.2 Å². The molecule has 0 aromatic heterocycles. The van der Waals surface area contributed by atoms with Gasteiger partial charge in [0.25, 0.3) is 0 Å². The normalized spacial score (nSPS) is 19.7. The Morgan fingerprint density at radius 2 is 1.77 bits per heavy atom. The number of hydrogen-bond donors (Lipinski definition) is 0. The van der Waals surface area contributed by atoms with Gasteiger partial charge in [0.2, 0.25) is 15.9 Å². The largest absolute Gasteiger partial charge is 0.347 e. The Hall–Kier alpha value is -1.71. The Kier molecular flexibility index (Phi) is 5.50. The monoisotopic (exact) mass is 386 g/mol. The van der Waals surface area contributed by atoms with E-state index in [1.807, 2.05) is 0 Å². The van der Waals surface area contributed by atoms with Gasteiger partial charge >= 0.3 is 0 Å². The molecule has 26 heavy (non-hydrogen) atoms. The predicted molar refractivity (Wildman–Crippen MR) is 93.7 cm³/mol. The van der Waals surface area contributed by atoms with Crippen molar-refractivity contribution in [3.05, 3.63) is 30.1 Å². The number of carbonyl (C=O) groups is 1. The van der Waals surface area contributed by atoms with Crippen LogP contribution in [0.5, 0.6) is 0 Å². The second-order valence-corrected chi connectivity index (χ2v) is 8.46. The molecule has 3 rings (SSSR count). The first-order valence-corrected chi connectivity index (χ1v) is 10.4. The summed E-state index contributed by atoms with van der Waals surface area (Å²) in [4.78, 5) is 14.2. The van der Waals surface area contributed by atoms with Crippen LogP contribution >= 0.6 is 0 Å². The maximum Gasteiger partial charge on any atom is 0.232 e. The van der Waals surface area contributed by atoms with Gasteiger partial charge in [-0.25, -0.2) is 12.8 Å². The molecule has 144 valence electrons. The van der Waals surface area contributed by atoms with Crippen molar-refractivity contribution < 1.29 is 27.1 Å². The van der Waals surface area contributed by atoms with Crippen LogP contribution in [0.25, 0.3) is 0 Å². The van der Waals surface area contributed by atoms with Crippen molar-refractivity contribution in [3.8, 4) is 0 Å². The Bertz CT molecular complexity index is 737. The summed E-state index contributed by atoms with van der Waals surface area (Å²) >= 11 is 0. The van der Waals surface area contributed by atoms with Crippen molar-refractivity contribution in [3.63, 3.8) is 0 Å². The third kappa shape index (κ3) is 4.33. The second-order valence-electron chi connectivity index (χ2n) is 6.55. The lowest BCUT2D eigenvalue weighted by molar-refractivity contribution is -0.187. The summed E-state index contributed by atoms with van der Waals surface area (Å²) in [6.45, 7) is 2.21. The van der Waals surface area contributed by atoms with Crippen LogP contribution < -0.4 is 4.31 Å². The molecule has 0 bridgehead atoms. The number of amides is 1. The van der Waals surface area contributed by atoms with Gasteiger partial charge in [0.1, 0.15) is 5.82 Å². The zero-order chi connectivity index (χ0) is 18.8. The molecule has 7 nitrogen and oxygen atoms in total. The Morgan fingerprint density at radius 3 is 2.31 bits per heavy atom. The first-order chi connectivity index (χ1) is 12.3. The highest BCUT2D eigenvalue weighted by Crippen LogP contribution is 2.31. The van der Waals surface area contributed by atoms with Crippen LogP contribution in [-0.4, -0.2) is 64.1 Å². The van der Waals surface area contributed by atoms with Crippen LogP contribution in [0.15, 0.2) is 24.3 Å². The van der Waals surface area contributed by atoms with E-state index in [-0.39, 0.29) is 18.9 Å². The molecule has 2 aliphatic heterocycles. The summed E-state index contributed by atoms with van der Waals surface area (Å²) in [5.74, 6) is -1.12. The van der Waals surface area contributed by atoms with E-state index in [1.54, 1.807) is 4.90 Å². The Balaban J connectivity index is 1.59. The van der Waals surface area contributed by atoms with E-state index in [4.69, 9.17) is 9.47 Å². The van der Waals surface area contributed by atoms with E-state index >= 15 is 0 Å². The SMILES string of the molecule is CS(=O)(=O)N(CCC(=O)N1CCC2(CC1)OCCO2)c1ccc(F)cc1. The standard InChI is InChI=1S/C17H23FN2O5S/c1-26(22,23)20(15-4-2-14(18)3-5-15)9-6-16(21)19-10-7-17(8-11-19)24-12-13-25-17/h2-5H,6-13H2,1H3. The number of piperidine rings is 1. The van der Waals surface area contributed by atoms with Gasteiger partial charge < -0.3 is 14.4 Å². The molecule has 2 aliphatic rings. The van der Waals surface area contributed by atoms with E-state index in [9.17, 15) is 17.6 Å². The van der Waals surface area contributed by atoms with Crippen LogP contribution in [0.4, 0.5) is 10.1 Å². The highest BCUT2D eigenvalue weighted by Gasteiger charge is 2.40. The number of sulfonamides is 1. The molecule has 0 aliphatic carbocycles. The first kappa shape index (κ1) is 19.1. The molecule has 1 amide bonds. The van der Waals surface area contributed by atoms with E-state index in [2.05, 4.69) is 0 Å². The zero-order valence-electron chi connectivity index (χ0n) is 14.7. The van der Waals surface area contributed by atoms with E-state index in [0.29, 0.717) is 44.8 Å². The molecular formula is C17H23FN2O5S. The van der Waals surface area contributed by atoms with Gasteiger partial charge in [0, 0.05) is 38.9 Å². The maximum absolute atomic E-state index is 13.1. The van der Waals surface area contributed by atoms with Crippen LogP contribution in [0.2, 0.25) is 0 Å². The van der Waals surface area contributed by atoms with E-state index < -0.39 is 21.6 Å². The van der Waals surface area contributed by atoms with Gasteiger partial charge in [0.15, 0.2) is 5.79 Å². The predicted octanol–water partition coefficient (Wildman–Crippen LogP) is 1.35. The van der Waals surface area contributed by atoms with Crippen molar-refractivity contribution in [2.24, 2.45) is 0 Å². The molecule has 2 saturated heterocycles. The Labute approximate surface area is 152 Å². The summed E-state index contributed by atoms with van der Waals surface area (Å²) in [5.41, 5.74) is 0.340. The molecule has 0 radical (unpaired) electrons. The minimum atomic E-state index is -3.58. The van der Waals surface area contributed by atoms with E-state index in [1.165, 1.54) is 24.3 Å². The average molecular weight is 386 g/mol. The fraction of sp³-hybridized carbons (Fsp3) is 0.588. The number of halogens is 1. The molecule has 0 unspecified atom stereocenters. The molecule has 1 spiro atoms. The number of benzene rings is 1. The third-order valence-electron chi connectivity index (χ3n) is 4.74. The fourth-order valence-electron chi connectivity index (χ4n) is 3.33. The van der Waals surface area contributed by atoms with Crippen molar-refractivity contribution in [2.45, 2.75) is 25.0 Å². The number of anilines is 1. The third-order valence-corrected chi connectivity index (χ3v) is 5.93. The van der Waals surface area contributed by atoms with Crippen molar-refractivity contribution in [1.29, 1.82) is 0 Å². The summed E-state index contributed by atoms with van der Waals surface area (Å²) < 4.78 is 49.6. The summed E-state index contributed by atoms with van der Waals surface area (Å²) in [7, 11) is -3.58. The molecular weight excluding hydrogens is 363 g/mol. The lowest BCUT2D eigenvalue weighted by atomic mass is 10.0. The quantitative estimate of drug-likeness (QED) is 0.764. The molecule has 9 heteroatoms. The molecule has 1 aromatic rings. The number of carbonyl (C=O) groups excluding carboxylic acids is 1. The van der Waals surface area contributed by atoms with Crippen molar-refractivity contribution in [2.75, 3.05) is 43.4 Å². The average Bonchev–Trinajstić information content (AvgIpc) is 3.04. The number of hydrogen-bond acceptors (Lipinski definition) is 5. The fourth-order valence-corrected chi connectivity index (χ4v) is 4.26. The number of likely N-dealkylation sites (tertiary alicyclic amines) is 1. The molecule has 0 saturated carbocycles. The van der Waals surface area contributed by atoms with E-state index in [0.717, 1.165) is 10.6 Å². The van der Waals surface area contributed by atoms with Crippen LogP contribution in [0.1, 0.15) is 19.3 Å². The van der Waals surface area contributed by atoms with Crippen LogP contribution in [0, 0.1) is 5.82 Å². The highest BCUT2D eigenvalue weighted by atomic mass is 32.2. The second kappa shape index (κ2) is 7.50. The van der Waals surface area contributed by atoms with Gasteiger partial charge in [-0.1, -0.05) is 0 Å². The van der Waals surface area contributed by atoms with Crippen molar-refractivity contribution >= 4 is 21.6 Å². The molecule has 1 aromatic carbocycles. The first-order valence-electron chi connectivity index (χ1n) is 8.58. The molecule has 2 heterocycles. The summed E-state index contributed by atoms with van der Waals surface area (Å²) in [6, 6.07) is 5.17. The van der Waals surface area contributed by atoms with Gasteiger partial charge in [-0.05, 0) is 24.3 Å². The van der Waals surface area contributed by atoms with Crippen LogP contribution in [-0.2, 0) is 24.3 Å². The summed E-state index contributed by atoms with van der Waals surface area (Å²) in [6.07, 6.45) is 2.36.